The number of hydrogen-bond donors (Lipinski definition) is 2. The minimum Gasteiger partial charge on any atom is -0.384 e. The van der Waals surface area contributed by atoms with Crippen molar-refractivity contribution < 1.29 is 9.90 Å². The summed E-state index contributed by atoms with van der Waals surface area (Å²) in [6.45, 7) is 12.7. The van der Waals surface area contributed by atoms with Crippen molar-refractivity contribution in [1.29, 1.82) is 0 Å². The maximum Gasteiger partial charge on any atom is 0.253 e. The lowest BCUT2D eigenvalue weighted by Crippen LogP contribution is -2.35. The van der Waals surface area contributed by atoms with Gasteiger partial charge in [0.2, 0.25) is 0 Å². The molecule has 0 radical (unpaired) electrons. The van der Waals surface area contributed by atoms with Crippen LogP contribution >= 0.6 is 0 Å². The first-order valence-corrected chi connectivity index (χ1v) is 15.1. The minimum absolute atomic E-state index is 0.000466. The van der Waals surface area contributed by atoms with Crippen molar-refractivity contribution in [3.63, 3.8) is 0 Å². The second-order valence-corrected chi connectivity index (χ2v) is 13.1. The summed E-state index contributed by atoms with van der Waals surface area (Å²) in [5.41, 5.74) is 8.45. The third-order valence-electron chi connectivity index (χ3n) is 8.75. The summed E-state index contributed by atoms with van der Waals surface area (Å²) in [6, 6.07) is 20.2. The lowest BCUT2D eigenvalue weighted by Gasteiger charge is -2.43. The van der Waals surface area contributed by atoms with Gasteiger partial charge in [0, 0.05) is 56.7 Å². The standard InChI is InChI=1S/C37H47N3O2/c1-9-40(8)35(42)28-15-10-26(11-16-28)14-19-33(41)29-24-31-34(37(4,5)22-21-36(31,2)3)32(25-29)38-23-20-27-12-17-30(18-13-27)39(6)7/h10-13,15-18,24-25,33,38,41H,9,20-23H2,1-8H3. The molecule has 0 aromatic heterocycles. The zero-order valence-electron chi connectivity index (χ0n) is 26.6. The van der Waals surface area contributed by atoms with Gasteiger partial charge in [0.1, 0.15) is 6.10 Å². The van der Waals surface area contributed by atoms with Crippen LogP contribution < -0.4 is 10.2 Å². The first-order valence-electron chi connectivity index (χ1n) is 15.1. The van der Waals surface area contributed by atoms with Gasteiger partial charge in [-0.15, -0.1) is 0 Å². The smallest absolute Gasteiger partial charge is 0.253 e. The number of benzene rings is 3. The zero-order valence-corrected chi connectivity index (χ0v) is 26.6. The molecule has 5 nitrogen and oxygen atoms in total. The van der Waals surface area contributed by atoms with E-state index in [1.807, 2.05) is 19.1 Å². The van der Waals surface area contributed by atoms with Gasteiger partial charge in [0.05, 0.1) is 0 Å². The summed E-state index contributed by atoms with van der Waals surface area (Å²) >= 11 is 0. The highest BCUT2D eigenvalue weighted by Gasteiger charge is 2.39. The molecule has 1 unspecified atom stereocenters. The van der Waals surface area contributed by atoms with Crippen LogP contribution in [0.1, 0.15) is 91.7 Å². The summed E-state index contributed by atoms with van der Waals surface area (Å²) in [4.78, 5) is 16.2. The highest BCUT2D eigenvalue weighted by atomic mass is 16.3. The maximum atomic E-state index is 12.4. The lowest BCUT2D eigenvalue weighted by molar-refractivity contribution is 0.0802. The molecule has 3 aromatic carbocycles. The van der Waals surface area contributed by atoms with Gasteiger partial charge in [-0.2, -0.15) is 0 Å². The van der Waals surface area contributed by atoms with Gasteiger partial charge in [-0.1, -0.05) is 57.7 Å². The second-order valence-electron chi connectivity index (χ2n) is 13.1. The zero-order chi connectivity index (χ0) is 30.7. The monoisotopic (exact) mass is 565 g/mol. The predicted molar refractivity (Wildman–Crippen MR) is 176 cm³/mol. The number of rotatable bonds is 8. The average Bonchev–Trinajstić information content (AvgIpc) is 2.97. The summed E-state index contributed by atoms with van der Waals surface area (Å²) in [5.74, 6) is 6.16. The maximum absolute atomic E-state index is 12.4. The molecule has 1 aliphatic rings. The van der Waals surface area contributed by atoms with E-state index in [0.717, 1.165) is 42.6 Å². The third kappa shape index (κ3) is 6.99. The molecule has 0 bridgehead atoms. The van der Waals surface area contributed by atoms with Crippen LogP contribution in [-0.4, -0.2) is 50.1 Å². The normalized spacial score (nSPS) is 15.5. The van der Waals surface area contributed by atoms with E-state index in [-0.39, 0.29) is 16.7 Å². The molecule has 0 aliphatic heterocycles. The number of aliphatic hydroxyl groups excluding tert-OH is 1. The molecule has 2 N–H and O–H groups in total. The van der Waals surface area contributed by atoms with Gasteiger partial charge >= 0.3 is 0 Å². The van der Waals surface area contributed by atoms with Crippen LogP contribution in [0.15, 0.2) is 60.7 Å². The third-order valence-corrected chi connectivity index (χ3v) is 8.75. The molecule has 222 valence electrons. The summed E-state index contributed by atoms with van der Waals surface area (Å²) in [6.07, 6.45) is 2.18. The van der Waals surface area contributed by atoms with Gasteiger partial charge in [0.15, 0.2) is 0 Å². The van der Waals surface area contributed by atoms with Crippen LogP contribution in [0.4, 0.5) is 11.4 Å². The Kier molecular flexibility index (Phi) is 9.38. The van der Waals surface area contributed by atoms with Crippen LogP contribution in [0.2, 0.25) is 0 Å². The van der Waals surface area contributed by atoms with Crippen molar-refractivity contribution in [2.75, 3.05) is 44.4 Å². The van der Waals surface area contributed by atoms with Crippen LogP contribution in [-0.2, 0) is 17.3 Å². The van der Waals surface area contributed by atoms with Crippen LogP contribution in [0, 0.1) is 11.8 Å². The fourth-order valence-corrected chi connectivity index (χ4v) is 5.71. The Bertz CT molecular complexity index is 1460. The van der Waals surface area contributed by atoms with Gasteiger partial charge in [-0.3, -0.25) is 4.79 Å². The van der Waals surface area contributed by atoms with Crippen LogP contribution in [0.5, 0.6) is 0 Å². The second kappa shape index (κ2) is 12.6. The molecular formula is C37H47N3O2. The minimum atomic E-state index is -0.928. The van der Waals surface area contributed by atoms with E-state index in [1.165, 1.54) is 22.4 Å². The van der Waals surface area contributed by atoms with Gasteiger partial charge in [0.25, 0.3) is 5.91 Å². The summed E-state index contributed by atoms with van der Waals surface area (Å²) in [7, 11) is 5.90. The topological polar surface area (TPSA) is 55.8 Å². The number of amides is 1. The molecule has 1 amide bonds. The van der Waals surface area contributed by atoms with Crippen LogP contribution in [0.25, 0.3) is 0 Å². The number of nitrogens with one attached hydrogen (secondary N) is 1. The Morgan fingerprint density at radius 3 is 2.21 bits per heavy atom. The number of hydrogen-bond acceptors (Lipinski definition) is 4. The number of fused-ring (bicyclic) bond motifs is 1. The van der Waals surface area contributed by atoms with Crippen molar-refractivity contribution in [3.8, 4) is 11.8 Å². The van der Waals surface area contributed by atoms with E-state index < -0.39 is 6.10 Å². The highest BCUT2D eigenvalue weighted by molar-refractivity contribution is 5.94. The predicted octanol–water partition coefficient (Wildman–Crippen LogP) is 6.93. The van der Waals surface area contributed by atoms with Gasteiger partial charge < -0.3 is 20.2 Å². The molecule has 42 heavy (non-hydrogen) atoms. The van der Waals surface area contributed by atoms with E-state index in [1.54, 1.807) is 24.1 Å². The van der Waals surface area contributed by atoms with Crippen molar-refractivity contribution in [1.82, 2.24) is 4.90 Å². The van der Waals surface area contributed by atoms with Crippen molar-refractivity contribution in [2.45, 2.75) is 70.8 Å². The van der Waals surface area contributed by atoms with E-state index in [0.29, 0.717) is 12.1 Å². The largest absolute Gasteiger partial charge is 0.384 e. The Balaban J connectivity index is 1.60. The van der Waals surface area contributed by atoms with Crippen molar-refractivity contribution in [2.24, 2.45) is 0 Å². The quantitative estimate of drug-likeness (QED) is 0.291. The molecule has 1 atom stereocenters. The Morgan fingerprint density at radius 2 is 1.60 bits per heavy atom. The number of aliphatic hydroxyl groups is 1. The first-order chi connectivity index (χ1) is 19.8. The molecule has 4 rings (SSSR count). The van der Waals surface area contributed by atoms with E-state index in [4.69, 9.17) is 0 Å². The van der Waals surface area contributed by atoms with Crippen LogP contribution in [0.3, 0.4) is 0 Å². The fourth-order valence-electron chi connectivity index (χ4n) is 5.71. The van der Waals surface area contributed by atoms with Crippen molar-refractivity contribution in [3.05, 3.63) is 94.0 Å². The van der Waals surface area contributed by atoms with Gasteiger partial charge in [-0.25, -0.2) is 0 Å². The molecule has 3 aromatic rings. The number of nitrogens with zero attached hydrogens (tertiary/aromatic N) is 2. The Labute approximate surface area is 252 Å². The fraction of sp³-hybridized carbons (Fsp3) is 0.432. The first kappa shape index (κ1) is 31.2. The molecule has 0 fully saturated rings. The molecule has 0 saturated carbocycles. The Hall–Kier alpha value is -3.75. The number of carbonyl (C=O) groups is 1. The molecule has 0 saturated heterocycles. The number of anilines is 2. The molecule has 1 aliphatic carbocycles. The average molecular weight is 566 g/mol. The lowest BCUT2D eigenvalue weighted by atomic mass is 9.62. The highest BCUT2D eigenvalue weighted by Crippen LogP contribution is 2.49. The molecule has 0 spiro atoms. The molecular weight excluding hydrogens is 518 g/mol. The van der Waals surface area contributed by atoms with E-state index >= 15 is 0 Å². The molecule has 0 heterocycles. The Morgan fingerprint density at radius 1 is 0.952 bits per heavy atom. The summed E-state index contributed by atoms with van der Waals surface area (Å²) in [5, 5.41) is 15.0. The SMILES string of the molecule is CCN(C)C(=O)c1ccc(C#CC(O)c2cc(NCCc3ccc(N(C)C)cc3)c3c(c2)C(C)(C)CCC3(C)C)cc1. The van der Waals surface area contributed by atoms with E-state index in [2.05, 4.69) is 100 Å². The van der Waals surface area contributed by atoms with E-state index in [9.17, 15) is 9.90 Å². The molecule has 5 heteroatoms. The number of carbonyl (C=O) groups excluding carboxylic acids is 1. The van der Waals surface area contributed by atoms with Gasteiger partial charge in [-0.05, 0) is 102 Å². The summed E-state index contributed by atoms with van der Waals surface area (Å²) < 4.78 is 0. The van der Waals surface area contributed by atoms with Crippen molar-refractivity contribution >= 4 is 17.3 Å².